The Morgan fingerprint density at radius 3 is 2.29 bits per heavy atom. The van der Waals surface area contributed by atoms with Crippen molar-refractivity contribution in [3.05, 3.63) is 65.7 Å². The fraction of sp³-hybridized carbons (Fsp3) is 0.458. The fourth-order valence-corrected chi connectivity index (χ4v) is 4.11. The van der Waals surface area contributed by atoms with E-state index in [0.717, 1.165) is 44.8 Å². The second-order valence-electron chi connectivity index (χ2n) is 8.18. The van der Waals surface area contributed by atoms with E-state index in [0.29, 0.717) is 5.92 Å². The molecule has 4 heteroatoms. The highest BCUT2D eigenvalue weighted by Gasteiger charge is 2.31. The summed E-state index contributed by atoms with van der Waals surface area (Å²) >= 11 is 0. The number of para-hydroxylation sites is 1. The van der Waals surface area contributed by atoms with Gasteiger partial charge in [-0.2, -0.15) is 0 Å². The number of nitrogens with one attached hydrogen (secondary N) is 3. The largest absolute Gasteiger partial charge is 0.322 e. The summed E-state index contributed by atoms with van der Waals surface area (Å²) in [5, 5.41) is 3.21. The summed E-state index contributed by atoms with van der Waals surface area (Å²) in [4.78, 5) is 15.9. The maximum Gasteiger partial charge on any atom is 0.282 e. The number of carbonyl (C=O) groups excluding carboxylic acids is 1. The molecule has 150 valence electrons. The van der Waals surface area contributed by atoms with Gasteiger partial charge in [0.25, 0.3) is 5.91 Å². The van der Waals surface area contributed by atoms with E-state index >= 15 is 0 Å². The van der Waals surface area contributed by atoms with Gasteiger partial charge >= 0.3 is 0 Å². The van der Waals surface area contributed by atoms with Gasteiger partial charge in [-0.25, -0.2) is 0 Å². The summed E-state index contributed by atoms with van der Waals surface area (Å²) in [7, 11) is 0. The van der Waals surface area contributed by atoms with E-state index in [-0.39, 0.29) is 11.9 Å². The number of hydrogen-bond acceptors (Lipinski definition) is 1. The Labute approximate surface area is 169 Å². The smallest absolute Gasteiger partial charge is 0.282 e. The molecule has 2 aromatic carbocycles. The van der Waals surface area contributed by atoms with Gasteiger partial charge in [0.05, 0.1) is 0 Å². The summed E-state index contributed by atoms with van der Waals surface area (Å²) in [6.45, 7) is 11.9. The first-order valence-electron chi connectivity index (χ1n) is 10.7. The predicted octanol–water partition coefficient (Wildman–Crippen LogP) is 1.51. The third kappa shape index (κ3) is 5.21. The van der Waals surface area contributed by atoms with Crippen molar-refractivity contribution in [2.75, 3.05) is 31.5 Å². The van der Waals surface area contributed by atoms with E-state index in [1.165, 1.54) is 16.0 Å². The zero-order chi connectivity index (χ0) is 19.9. The number of benzene rings is 2. The number of anilines is 1. The van der Waals surface area contributed by atoms with Gasteiger partial charge in [-0.15, -0.1) is 0 Å². The molecule has 0 aliphatic carbocycles. The molecule has 3 rings (SSSR count). The molecule has 2 atom stereocenters. The van der Waals surface area contributed by atoms with Crippen molar-refractivity contribution >= 4 is 11.6 Å². The van der Waals surface area contributed by atoms with Gasteiger partial charge in [0.15, 0.2) is 6.04 Å². The van der Waals surface area contributed by atoms with Gasteiger partial charge in [0.2, 0.25) is 0 Å². The third-order valence-electron chi connectivity index (χ3n) is 6.26. The predicted molar refractivity (Wildman–Crippen MR) is 115 cm³/mol. The van der Waals surface area contributed by atoms with Gasteiger partial charge in [0.1, 0.15) is 32.7 Å². The second-order valence-corrected chi connectivity index (χ2v) is 8.18. The number of quaternary nitrogens is 2. The van der Waals surface area contributed by atoms with Crippen LogP contribution in [0.15, 0.2) is 54.6 Å². The monoisotopic (exact) mass is 381 g/mol. The molecule has 0 radical (unpaired) electrons. The van der Waals surface area contributed by atoms with Crippen LogP contribution < -0.4 is 15.1 Å². The molecular weight excluding hydrogens is 346 g/mol. The zero-order valence-corrected chi connectivity index (χ0v) is 17.5. The van der Waals surface area contributed by atoms with Crippen LogP contribution in [0.25, 0.3) is 0 Å². The third-order valence-corrected chi connectivity index (χ3v) is 6.26. The number of rotatable bonds is 7. The lowest BCUT2D eigenvalue weighted by molar-refractivity contribution is -1.02. The van der Waals surface area contributed by atoms with Crippen molar-refractivity contribution in [1.29, 1.82) is 0 Å². The van der Waals surface area contributed by atoms with E-state index in [2.05, 4.69) is 68.6 Å². The van der Waals surface area contributed by atoms with Crippen LogP contribution in [0.5, 0.6) is 0 Å². The van der Waals surface area contributed by atoms with Crippen molar-refractivity contribution in [2.45, 2.75) is 45.7 Å². The first-order valence-corrected chi connectivity index (χ1v) is 10.7. The summed E-state index contributed by atoms with van der Waals surface area (Å²) in [5.41, 5.74) is 3.60. The molecule has 2 aromatic rings. The van der Waals surface area contributed by atoms with Crippen LogP contribution in [0, 0.1) is 0 Å². The number of carbonyl (C=O) groups is 1. The Morgan fingerprint density at radius 1 is 0.964 bits per heavy atom. The summed E-state index contributed by atoms with van der Waals surface area (Å²) in [6.07, 6.45) is 1.07. The van der Waals surface area contributed by atoms with Crippen LogP contribution in [0.3, 0.4) is 0 Å². The highest BCUT2D eigenvalue weighted by atomic mass is 16.2. The molecule has 1 aliphatic heterocycles. The minimum Gasteiger partial charge on any atom is -0.322 e. The number of piperazine rings is 1. The molecule has 0 spiro atoms. The minimum atomic E-state index is -0.0248. The molecule has 0 bridgehead atoms. The lowest BCUT2D eigenvalue weighted by Crippen LogP contribution is -3.29. The van der Waals surface area contributed by atoms with Crippen LogP contribution in [0.1, 0.15) is 44.2 Å². The fourth-order valence-electron chi connectivity index (χ4n) is 4.11. The lowest BCUT2D eigenvalue weighted by atomic mass is 9.97. The quantitative estimate of drug-likeness (QED) is 0.668. The number of hydrogen-bond donors (Lipinski definition) is 3. The normalized spacial score (nSPS) is 21.7. The van der Waals surface area contributed by atoms with Crippen molar-refractivity contribution in [3.8, 4) is 0 Å². The molecule has 3 N–H and O–H groups in total. The van der Waals surface area contributed by atoms with E-state index in [4.69, 9.17) is 0 Å². The van der Waals surface area contributed by atoms with E-state index in [9.17, 15) is 4.79 Å². The molecular formula is C24H35N3O+2. The standard InChI is InChI=1S/C24H33N3O/c1-4-19(2)22-12-8-9-13-23(22)25-24(28)20(3)27-16-14-26(15-17-27)18-21-10-6-5-7-11-21/h5-13,19-20H,4,14-18H2,1-3H3,(H,25,28)/p+2/t19-,20+/m0/s1. The minimum absolute atomic E-state index is 0.0248. The molecule has 1 saturated heterocycles. The molecule has 28 heavy (non-hydrogen) atoms. The highest BCUT2D eigenvalue weighted by Crippen LogP contribution is 2.26. The summed E-state index contributed by atoms with van der Waals surface area (Å²) in [5.74, 6) is 0.585. The van der Waals surface area contributed by atoms with Crippen LogP contribution in [0.4, 0.5) is 5.69 Å². The summed E-state index contributed by atoms with van der Waals surface area (Å²) in [6, 6.07) is 18.9. The van der Waals surface area contributed by atoms with Crippen LogP contribution in [-0.4, -0.2) is 38.1 Å². The van der Waals surface area contributed by atoms with Gasteiger partial charge in [-0.3, -0.25) is 4.79 Å². The Hall–Kier alpha value is -2.17. The lowest BCUT2D eigenvalue weighted by Gasteiger charge is -2.32. The Morgan fingerprint density at radius 2 is 1.61 bits per heavy atom. The number of amides is 1. The van der Waals surface area contributed by atoms with Crippen LogP contribution in [0.2, 0.25) is 0 Å². The zero-order valence-electron chi connectivity index (χ0n) is 17.5. The topological polar surface area (TPSA) is 38.0 Å². The first-order chi connectivity index (χ1) is 13.6. The van der Waals surface area contributed by atoms with Crippen LogP contribution in [-0.2, 0) is 11.3 Å². The maximum absolute atomic E-state index is 12.9. The maximum atomic E-state index is 12.9. The molecule has 1 fully saturated rings. The highest BCUT2D eigenvalue weighted by molar-refractivity contribution is 5.94. The van der Waals surface area contributed by atoms with Crippen molar-refractivity contribution in [1.82, 2.24) is 0 Å². The van der Waals surface area contributed by atoms with Gasteiger partial charge in [-0.05, 0) is 30.9 Å². The Kier molecular flexibility index (Phi) is 7.24. The summed E-state index contributed by atoms with van der Waals surface area (Å²) < 4.78 is 0. The SMILES string of the molecule is CC[C@H](C)c1ccccc1NC(=O)[C@@H](C)[NH+]1CC[NH+](Cc2ccccc2)CC1. The van der Waals surface area contributed by atoms with Crippen molar-refractivity contribution in [3.63, 3.8) is 0 Å². The first kappa shape index (κ1) is 20.6. The second kappa shape index (κ2) is 9.85. The van der Waals surface area contributed by atoms with Gasteiger partial charge < -0.3 is 15.1 Å². The van der Waals surface area contributed by atoms with E-state index in [1.807, 2.05) is 12.1 Å². The molecule has 0 unspecified atom stereocenters. The van der Waals surface area contributed by atoms with Crippen LogP contribution >= 0.6 is 0 Å². The Balaban J connectivity index is 1.54. The average molecular weight is 382 g/mol. The Bertz CT molecular complexity index is 753. The molecule has 4 nitrogen and oxygen atoms in total. The van der Waals surface area contributed by atoms with Gasteiger partial charge in [-0.1, -0.05) is 62.4 Å². The molecule has 0 saturated carbocycles. The average Bonchev–Trinajstić information content (AvgIpc) is 2.74. The van der Waals surface area contributed by atoms with Crippen molar-refractivity contribution < 1.29 is 14.6 Å². The molecule has 0 aromatic heterocycles. The van der Waals surface area contributed by atoms with E-state index in [1.54, 1.807) is 4.90 Å². The molecule has 1 aliphatic rings. The molecule has 1 heterocycles. The van der Waals surface area contributed by atoms with Gasteiger partial charge in [0, 0.05) is 11.3 Å². The van der Waals surface area contributed by atoms with Crippen molar-refractivity contribution in [2.24, 2.45) is 0 Å². The molecule has 1 amide bonds. The van der Waals surface area contributed by atoms with E-state index < -0.39 is 0 Å².